The van der Waals surface area contributed by atoms with Crippen molar-refractivity contribution < 1.29 is 39.7 Å². The summed E-state index contributed by atoms with van der Waals surface area (Å²) in [5.74, 6) is 0.861. The molecule has 1 fully saturated rings. The highest BCUT2D eigenvalue weighted by molar-refractivity contribution is 5.71. The number of aromatic hydroxyl groups is 1. The van der Waals surface area contributed by atoms with Gasteiger partial charge in [0.05, 0.1) is 13.7 Å². The van der Waals surface area contributed by atoms with Crippen molar-refractivity contribution in [2.75, 3.05) is 13.7 Å². The molecule has 0 spiro atoms. The minimum atomic E-state index is -1.54. The van der Waals surface area contributed by atoms with E-state index in [2.05, 4.69) is 0 Å². The molecule has 0 amide bonds. The molecule has 156 valence electrons. The fourth-order valence-corrected chi connectivity index (χ4v) is 2.98. The third kappa shape index (κ3) is 5.06. The van der Waals surface area contributed by atoms with Crippen molar-refractivity contribution in [3.63, 3.8) is 0 Å². The van der Waals surface area contributed by atoms with Gasteiger partial charge in [-0.05, 0) is 35.4 Å². The van der Waals surface area contributed by atoms with Crippen LogP contribution in [0.4, 0.5) is 0 Å². The molecule has 0 aliphatic carbocycles. The highest BCUT2D eigenvalue weighted by Crippen LogP contribution is 2.28. The number of rotatable bonds is 6. The summed E-state index contributed by atoms with van der Waals surface area (Å²) in [5.41, 5.74) is 1.55. The Kier molecular flexibility index (Phi) is 6.73. The Bertz CT molecular complexity index is 833. The van der Waals surface area contributed by atoms with Gasteiger partial charge in [-0.1, -0.05) is 24.3 Å². The molecule has 8 heteroatoms. The molecule has 0 radical (unpaired) electrons. The van der Waals surface area contributed by atoms with Crippen LogP contribution in [0.3, 0.4) is 0 Å². The van der Waals surface area contributed by atoms with E-state index in [1.165, 1.54) is 12.1 Å². The smallest absolute Gasteiger partial charge is 0.229 e. The third-order valence-electron chi connectivity index (χ3n) is 4.60. The fraction of sp³-hybridized carbons (Fsp3) is 0.333. The van der Waals surface area contributed by atoms with Crippen molar-refractivity contribution >= 4 is 12.2 Å². The number of hydrogen-bond donors (Lipinski definition) is 5. The van der Waals surface area contributed by atoms with E-state index in [0.29, 0.717) is 5.56 Å². The largest absolute Gasteiger partial charge is 0.508 e. The number of methoxy groups -OCH3 is 1. The summed E-state index contributed by atoms with van der Waals surface area (Å²) in [6.07, 6.45) is -3.35. The van der Waals surface area contributed by atoms with Crippen molar-refractivity contribution in [3.05, 3.63) is 53.6 Å². The van der Waals surface area contributed by atoms with Gasteiger partial charge >= 0.3 is 0 Å². The fourth-order valence-electron chi connectivity index (χ4n) is 2.98. The number of phenolic OH excluding ortho intramolecular Hbond substituents is 1. The first-order valence-corrected chi connectivity index (χ1v) is 9.04. The summed E-state index contributed by atoms with van der Waals surface area (Å²) in [6.45, 7) is -0.555. The quantitative estimate of drug-likeness (QED) is 0.446. The molecule has 0 bridgehead atoms. The maximum atomic E-state index is 10.1. The Morgan fingerprint density at radius 3 is 2.24 bits per heavy atom. The van der Waals surface area contributed by atoms with E-state index < -0.39 is 37.3 Å². The second-order valence-electron chi connectivity index (χ2n) is 6.68. The van der Waals surface area contributed by atoms with Crippen LogP contribution in [0.15, 0.2) is 42.5 Å². The molecule has 5 unspecified atom stereocenters. The van der Waals surface area contributed by atoms with E-state index in [-0.39, 0.29) is 11.5 Å². The summed E-state index contributed by atoms with van der Waals surface area (Å²) in [6, 6.07) is 11.9. The van der Waals surface area contributed by atoms with Gasteiger partial charge in [0.2, 0.25) is 6.29 Å². The molecule has 1 saturated heterocycles. The molecule has 5 atom stereocenters. The third-order valence-corrected chi connectivity index (χ3v) is 4.60. The zero-order chi connectivity index (χ0) is 21.0. The molecule has 0 saturated carbocycles. The highest BCUT2D eigenvalue weighted by atomic mass is 16.7. The molecule has 2 aromatic carbocycles. The van der Waals surface area contributed by atoms with Gasteiger partial charge in [0.25, 0.3) is 0 Å². The summed E-state index contributed by atoms with van der Waals surface area (Å²) in [7, 11) is 1.59. The monoisotopic (exact) mass is 404 g/mol. The van der Waals surface area contributed by atoms with Crippen LogP contribution < -0.4 is 9.47 Å². The van der Waals surface area contributed by atoms with Gasteiger partial charge in [-0.25, -0.2) is 0 Å². The van der Waals surface area contributed by atoms with Crippen molar-refractivity contribution in [3.8, 4) is 17.2 Å². The molecule has 1 aliphatic rings. The molecule has 29 heavy (non-hydrogen) atoms. The summed E-state index contributed by atoms with van der Waals surface area (Å²) in [5, 5.41) is 49.0. The van der Waals surface area contributed by atoms with Crippen LogP contribution in [0.25, 0.3) is 12.2 Å². The van der Waals surface area contributed by atoms with Crippen LogP contribution in [-0.4, -0.2) is 70.0 Å². The number of aliphatic hydroxyl groups excluding tert-OH is 4. The lowest BCUT2D eigenvalue weighted by Gasteiger charge is -2.39. The van der Waals surface area contributed by atoms with Crippen LogP contribution in [-0.2, 0) is 4.74 Å². The molecule has 2 aromatic rings. The van der Waals surface area contributed by atoms with Crippen LogP contribution >= 0.6 is 0 Å². The minimum Gasteiger partial charge on any atom is -0.508 e. The van der Waals surface area contributed by atoms with Crippen LogP contribution in [0.1, 0.15) is 11.1 Å². The number of ether oxygens (including phenoxy) is 3. The summed E-state index contributed by atoms with van der Waals surface area (Å²) in [4.78, 5) is 0. The van der Waals surface area contributed by atoms with Crippen LogP contribution in [0.2, 0.25) is 0 Å². The summed E-state index contributed by atoms with van der Waals surface area (Å²) < 4.78 is 16.0. The Balaban J connectivity index is 1.75. The molecule has 8 nitrogen and oxygen atoms in total. The molecular formula is C21H24O8. The maximum Gasteiger partial charge on any atom is 0.229 e. The van der Waals surface area contributed by atoms with E-state index in [1.54, 1.807) is 19.3 Å². The molecule has 3 rings (SSSR count). The van der Waals surface area contributed by atoms with E-state index in [4.69, 9.17) is 14.2 Å². The zero-order valence-corrected chi connectivity index (χ0v) is 15.8. The van der Waals surface area contributed by atoms with Gasteiger partial charge < -0.3 is 39.7 Å². The first-order valence-electron chi connectivity index (χ1n) is 9.04. The Labute approximate surface area is 167 Å². The van der Waals surface area contributed by atoms with E-state index >= 15 is 0 Å². The van der Waals surface area contributed by atoms with Crippen LogP contribution in [0.5, 0.6) is 17.2 Å². The molecule has 5 N–H and O–H groups in total. The second-order valence-corrected chi connectivity index (χ2v) is 6.68. The topological polar surface area (TPSA) is 129 Å². The van der Waals surface area contributed by atoms with Crippen molar-refractivity contribution in [1.82, 2.24) is 0 Å². The number of phenols is 1. The predicted octanol–water partition coefficient (Wildman–Crippen LogP) is 0.750. The Hall–Kier alpha value is -2.62. The molecule has 0 aromatic heterocycles. The lowest BCUT2D eigenvalue weighted by molar-refractivity contribution is -0.277. The first-order chi connectivity index (χ1) is 13.9. The minimum absolute atomic E-state index is 0.0681. The standard InChI is InChI=1S/C21H24O8/c1-27-15-6-4-12(5-7-15)2-3-13-8-14(23)10-16(9-13)28-21-20(26)19(25)18(24)17(11-22)29-21/h2-10,17-26H,11H2,1H3/b3-2+. The SMILES string of the molecule is COc1ccc(/C=C/c2cc(O)cc(OC3OC(CO)C(O)C(O)C3O)c2)cc1. The average Bonchev–Trinajstić information content (AvgIpc) is 2.72. The van der Waals surface area contributed by atoms with Crippen molar-refractivity contribution in [1.29, 1.82) is 0 Å². The lowest BCUT2D eigenvalue weighted by atomic mass is 9.99. The molecule has 1 aliphatic heterocycles. The number of benzene rings is 2. The van der Waals surface area contributed by atoms with Gasteiger partial charge in [-0.15, -0.1) is 0 Å². The normalized spacial score (nSPS) is 27.1. The van der Waals surface area contributed by atoms with Crippen molar-refractivity contribution in [2.24, 2.45) is 0 Å². The average molecular weight is 404 g/mol. The van der Waals surface area contributed by atoms with Crippen LogP contribution in [0, 0.1) is 0 Å². The zero-order valence-electron chi connectivity index (χ0n) is 15.8. The Morgan fingerprint density at radius 2 is 1.59 bits per heavy atom. The molecule has 1 heterocycles. The Morgan fingerprint density at radius 1 is 0.897 bits per heavy atom. The molecular weight excluding hydrogens is 380 g/mol. The highest BCUT2D eigenvalue weighted by Gasteiger charge is 2.44. The summed E-state index contributed by atoms with van der Waals surface area (Å²) >= 11 is 0. The van der Waals surface area contributed by atoms with E-state index in [1.807, 2.05) is 30.3 Å². The van der Waals surface area contributed by atoms with E-state index in [0.717, 1.165) is 11.3 Å². The van der Waals surface area contributed by atoms with Gasteiger partial charge in [0, 0.05) is 6.07 Å². The van der Waals surface area contributed by atoms with Gasteiger partial charge in [0.15, 0.2) is 0 Å². The predicted molar refractivity (Wildman–Crippen MR) is 104 cm³/mol. The second kappa shape index (κ2) is 9.25. The number of hydrogen-bond acceptors (Lipinski definition) is 8. The van der Waals surface area contributed by atoms with Gasteiger partial charge in [0.1, 0.15) is 41.7 Å². The number of aliphatic hydroxyl groups is 4. The van der Waals surface area contributed by atoms with E-state index in [9.17, 15) is 25.5 Å². The van der Waals surface area contributed by atoms with Gasteiger partial charge in [-0.2, -0.15) is 0 Å². The van der Waals surface area contributed by atoms with Crippen molar-refractivity contribution in [2.45, 2.75) is 30.7 Å². The maximum absolute atomic E-state index is 10.1. The lowest BCUT2D eigenvalue weighted by Crippen LogP contribution is -2.60. The first kappa shape index (κ1) is 21.1. The van der Waals surface area contributed by atoms with Gasteiger partial charge in [-0.3, -0.25) is 0 Å².